The lowest BCUT2D eigenvalue weighted by atomic mass is 9.90. The second-order valence-electron chi connectivity index (χ2n) is 7.23. The van der Waals surface area contributed by atoms with Gasteiger partial charge in [-0.15, -0.1) is 0 Å². The Morgan fingerprint density at radius 2 is 2.08 bits per heavy atom. The first kappa shape index (κ1) is 17.0. The van der Waals surface area contributed by atoms with Gasteiger partial charge < -0.3 is 0 Å². The van der Waals surface area contributed by atoms with Crippen molar-refractivity contribution in [3.8, 4) is 11.1 Å². The second kappa shape index (κ2) is 7.42. The minimum absolute atomic E-state index is 0.114. The minimum Gasteiger partial charge on any atom is -0.298 e. The second-order valence-corrected chi connectivity index (χ2v) is 7.23. The van der Waals surface area contributed by atoms with E-state index in [1.165, 1.54) is 22.4 Å². The van der Waals surface area contributed by atoms with Gasteiger partial charge in [-0.1, -0.05) is 48.0 Å². The molecule has 4 heteroatoms. The molecule has 1 atom stereocenters. The lowest BCUT2D eigenvalue weighted by Crippen LogP contribution is -2.34. The van der Waals surface area contributed by atoms with Gasteiger partial charge in [0.05, 0.1) is 6.20 Å². The summed E-state index contributed by atoms with van der Waals surface area (Å²) in [7, 11) is 0. The molecule has 0 spiro atoms. The average Bonchev–Trinajstić information content (AvgIpc) is 3.14. The van der Waals surface area contributed by atoms with Crippen molar-refractivity contribution in [1.82, 2.24) is 15.1 Å². The number of aryl methyl sites for hydroxylation is 1. The molecule has 1 saturated heterocycles. The van der Waals surface area contributed by atoms with Crippen LogP contribution in [-0.2, 0) is 6.54 Å². The Hall–Kier alpha value is -2.46. The van der Waals surface area contributed by atoms with Gasteiger partial charge in [0.15, 0.2) is 0 Å². The van der Waals surface area contributed by atoms with E-state index >= 15 is 0 Å². The Bertz CT molecular complexity index is 886. The topological polar surface area (TPSA) is 31.9 Å². The Kier molecular flexibility index (Phi) is 4.85. The SMILES string of the molecule is Cc1cccc(-c2cn[nH]c2C2CCCN(Cc3ccccc3F)C2)c1. The first-order chi connectivity index (χ1) is 12.7. The molecule has 134 valence electrons. The summed E-state index contributed by atoms with van der Waals surface area (Å²) in [6, 6.07) is 15.6. The van der Waals surface area contributed by atoms with Crippen molar-refractivity contribution < 1.29 is 4.39 Å². The van der Waals surface area contributed by atoms with Crippen molar-refractivity contribution in [3.05, 3.63) is 77.4 Å². The molecule has 0 aliphatic carbocycles. The van der Waals surface area contributed by atoms with E-state index in [1.54, 1.807) is 12.1 Å². The van der Waals surface area contributed by atoms with E-state index in [0.29, 0.717) is 12.5 Å². The van der Waals surface area contributed by atoms with Crippen LogP contribution < -0.4 is 0 Å². The van der Waals surface area contributed by atoms with Crippen LogP contribution in [0.15, 0.2) is 54.7 Å². The number of aromatic nitrogens is 2. The van der Waals surface area contributed by atoms with Gasteiger partial charge in [-0.3, -0.25) is 10.00 Å². The Morgan fingerprint density at radius 1 is 1.19 bits per heavy atom. The average molecular weight is 349 g/mol. The number of benzene rings is 2. The highest BCUT2D eigenvalue weighted by molar-refractivity contribution is 5.66. The minimum atomic E-state index is -0.114. The summed E-state index contributed by atoms with van der Waals surface area (Å²) in [5, 5.41) is 7.56. The summed E-state index contributed by atoms with van der Waals surface area (Å²) in [5.74, 6) is 0.283. The van der Waals surface area contributed by atoms with E-state index in [4.69, 9.17) is 0 Å². The van der Waals surface area contributed by atoms with Crippen molar-refractivity contribution in [2.24, 2.45) is 0 Å². The highest BCUT2D eigenvalue weighted by Crippen LogP contribution is 2.33. The van der Waals surface area contributed by atoms with E-state index in [9.17, 15) is 4.39 Å². The Morgan fingerprint density at radius 3 is 2.92 bits per heavy atom. The zero-order valence-electron chi connectivity index (χ0n) is 15.1. The van der Waals surface area contributed by atoms with Gasteiger partial charge >= 0.3 is 0 Å². The van der Waals surface area contributed by atoms with Crippen molar-refractivity contribution in [2.45, 2.75) is 32.2 Å². The summed E-state index contributed by atoms with van der Waals surface area (Å²) in [5.41, 5.74) is 5.62. The van der Waals surface area contributed by atoms with Gasteiger partial charge in [-0.2, -0.15) is 5.10 Å². The number of halogens is 1. The van der Waals surface area contributed by atoms with E-state index in [-0.39, 0.29) is 5.82 Å². The van der Waals surface area contributed by atoms with Gasteiger partial charge in [0.25, 0.3) is 0 Å². The molecule has 4 rings (SSSR count). The maximum absolute atomic E-state index is 14.0. The highest BCUT2D eigenvalue weighted by Gasteiger charge is 2.25. The largest absolute Gasteiger partial charge is 0.298 e. The molecule has 1 fully saturated rings. The number of nitrogens with one attached hydrogen (secondary N) is 1. The summed E-state index contributed by atoms with van der Waals surface area (Å²) < 4.78 is 14.0. The molecule has 1 unspecified atom stereocenters. The Labute approximate surface area is 153 Å². The molecule has 2 aromatic carbocycles. The lowest BCUT2D eigenvalue weighted by Gasteiger charge is -2.32. The lowest BCUT2D eigenvalue weighted by molar-refractivity contribution is 0.196. The van der Waals surface area contributed by atoms with E-state index in [0.717, 1.165) is 31.5 Å². The van der Waals surface area contributed by atoms with Crippen molar-refractivity contribution >= 4 is 0 Å². The van der Waals surface area contributed by atoms with Gasteiger partial charge in [-0.25, -0.2) is 4.39 Å². The third-order valence-electron chi connectivity index (χ3n) is 5.26. The van der Waals surface area contributed by atoms with Gasteiger partial charge in [0, 0.05) is 35.8 Å². The van der Waals surface area contributed by atoms with Crippen LogP contribution in [0.2, 0.25) is 0 Å². The zero-order chi connectivity index (χ0) is 17.9. The van der Waals surface area contributed by atoms with Crippen LogP contribution in [0.25, 0.3) is 11.1 Å². The number of rotatable bonds is 4. The van der Waals surface area contributed by atoms with Gasteiger partial charge in [0.2, 0.25) is 0 Å². The normalized spacial score (nSPS) is 18.2. The maximum atomic E-state index is 14.0. The van der Waals surface area contributed by atoms with E-state index in [2.05, 4.69) is 46.3 Å². The summed E-state index contributed by atoms with van der Waals surface area (Å²) in [4.78, 5) is 2.35. The molecule has 0 saturated carbocycles. The first-order valence-corrected chi connectivity index (χ1v) is 9.27. The summed E-state index contributed by atoms with van der Waals surface area (Å²) in [6.45, 7) is 4.71. The van der Waals surface area contributed by atoms with E-state index in [1.807, 2.05) is 18.3 Å². The van der Waals surface area contributed by atoms with Crippen molar-refractivity contribution in [1.29, 1.82) is 0 Å². The van der Waals surface area contributed by atoms with Gasteiger partial charge in [0.1, 0.15) is 5.82 Å². The molecule has 2 heterocycles. The van der Waals surface area contributed by atoms with Crippen LogP contribution in [0.3, 0.4) is 0 Å². The predicted molar refractivity (Wildman–Crippen MR) is 102 cm³/mol. The van der Waals surface area contributed by atoms with Crippen LogP contribution in [0.4, 0.5) is 4.39 Å². The molecule has 1 aromatic heterocycles. The quantitative estimate of drug-likeness (QED) is 0.726. The predicted octanol–water partition coefficient (Wildman–Crippen LogP) is 4.90. The number of aromatic amines is 1. The smallest absolute Gasteiger partial charge is 0.127 e. The van der Waals surface area contributed by atoms with Gasteiger partial charge in [-0.05, 0) is 37.9 Å². The van der Waals surface area contributed by atoms with Crippen molar-refractivity contribution in [3.63, 3.8) is 0 Å². The zero-order valence-corrected chi connectivity index (χ0v) is 15.1. The molecule has 1 aliphatic rings. The standard InChI is InChI=1S/C22H24FN3/c1-16-6-4-8-17(12-16)20-13-24-25-22(20)19-9-5-11-26(15-19)14-18-7-2-3-10-21(18)23/h2-4,6-8,10,12-13,19H,5,9,11,14-15H2,1H3,(H,24,25). The van der Waals surface area contributed by atoms with Crippen molar-refractivity contribution in [2.75, 3.05) is 13.1 Å². The number of likely N-dealkylation sites (tertiary alicyclic amines) is 1. The fourth-order valence-corrected chi connectivity index (χ4v) is 3.95. The molecule has 0 bridgehead atoms. The third kappa shape index (κ3) is 3.56. The van der Waals surface area contributed by atoms with Crippen LogP contribution in [0.1, 0.15) is 35.6 Å². The molecular weight excluding hydrogens is 325 g/mol. The molecule has 3 aromatic rings. The fourth-order valence-electron chi connectivity index (χ4n) is 3.95. The first-order valence-electron chi connectivity index (χ1n) is 9.27. The number of hydrogen-bond donors (Lipinski definition) is 1. The van der Waals surface area contributed by atoms with Crippen LogP contribution >= 0.6 is 0 Å². The molecular formula is C22H24FN3. The number of piperidine rings is 1. The molecule has 1 aliphatic heterocycles. The highest BCUT2D eigenvalue weighted by atomic mass is 19.1. The molecule has 1 N–H and O–H groups in total. The summed E-state index contributed by atoms with van der Waals surface area (Å²) in [6.07, 6.45) is 4.18. The Balaban J connectivity index is 1.54. The molecule has 0 amide bonds. The molecule has 0 radical (unpaired) electrons. The number of H-pyrrole nitrogens is 1. The number of hydrogen-bond acceptors (Lipinski definition) is 2. The number of nitrogens with zero attached hydrogens (tertiary/aromatic N) is 2. The van der Waals surface area contributed by atoms with E-state index < -0.39 is 0 Å². The molecule has 3 nitrogen and oxygen atoms in total. The van der Waals surface area contributed by atoms with Crippen LogP contribution in [0, 0.1) is 12.7 Å². The van der Waals surface area contributed by atoms with Crippen LogP contribution in [0.5, 0.6) is 0 Å². The third-order valence-corrected chi connectivity index (χ3v) is 5.26. The maximum Gasteiger partial charge on any atom is 0.127 e. The fraction of sp³-hybridized carbons (Fsp3) is 0.318. The molecule has 26 heavy (non-hydrogen) atoms. The van der Waals surface area contributed by atoms with Crippen LogP contribution in [-0.4, -0.2) is 28.2 Å². The monoisotopic (exact) mass is 349 g/mol. The summed E-state index contributed by atoms with van der Waals surface area (Å²) >= 11 is 0.